The number of carbonyl (C=O) groups is 2. The van der Waals surface area contributed by atoms with Crippen molar-refractivity contribution in [1.29, 1.82) is 0 Å². The summed E-state index contributed by atoms with van der Waals surface area (Å²) in [5.41, 5.74) is 6.87. The summed E-state index contributed by atoms with van der Waals surface area (Å²) in [7, 11) is 0. The van der Waals surface area contributed by atoms with Crippen LogP contribution in [0.2, 0.25) is 0 Å². The Bertz CT molecular complexity index is 665. The molecule has 1 aromatic heterocycles. The van der Waals surface area contributed by atoms with Gasteiger partial charge in [-0.25, -0.2) is 0 Å². The number of hydrogen-bond acceptors (Lipinski definition) is 4. The first kappa shape index (κ1) is 22.2. The lowest BCUT2D eigenvalue weighted by Gasteiger charge is -2.25. The van der Waals surface area contributed by atoms with Crippen LogP contribution in [0.3, 0.4) is 0 Å². The molecule has 0 radical (unpaired) electrons. The lowest BCUT2D eigenvalue weighted by atomic mass is 10.1. The second kappa shape index (κ2) is 11.7. The van der Waals surface area contributed by atoms with Crippen molar-refractivity contribution in [2.24, 2.45) is 5.73 Å². The average Bonchev–Trinajstić information content (AvgIpc) is 3.13. The third-order valence-corrected chi connectivity index (χ3v) is 4.89. The summed E-state index contributed by atoms with van der Waals surface area (Å²) in [5.74, 6) is -0.130. The van der Waals surface area contributed by atoms with Gasteiger partial charge in [0.15, 0.2) is 0 Å². The predicted octanol–water partition coefficient (Wildman–Crippen LogP) is 2.77. The largest absolute Gasteiger partial charge is 0.348 e. The standard InChI is InChI=1S/C19H25N3O2S.ClH/c1-15(23)21-17(18-8-5-13-25-18)14-19(24)22(12-10-20)11-9-16-6-3-2-4-7-16;/h2-8,13,17H,9-12,14,20H2,1H3,(H,21,23);1H. The summed E-state index contributed by atoms with van der Waals surface area (Å²) in [6.07, 6.45) is 1.03. The molecule has 3 N–H and O–H groups in total. The van der Waals surface area contributed by atoms with Crippen molar-refractivity contribution in [1.82, 2.24) is 10.2 Å². The molecule has 5 nitrogen and oxygen atoms in total. The molecule has 7 heteroatoms. The quantitative estimate of drug-likeness (QED) is 0.685. The van der Waals surface area contributed by atoms with Crippen molar-refractivity contribution in [3.8, 4) is 0 Å². The Balaban J connectivity index is 0.00000338. The summed E-state index contributed by atoms with van der Waals surface area (Å²) >= 11 is 1.54. The minimum Gasteiger partial charge on any atom is -0.348 e. The molecule has 142 valence electrons. The number of carbonyl (C=O) groups excluding carboxylic acids is 2. The van der Waals surface area contributed by atoms with Crippen molar-refractivity contribution >= 4 is 35.6 Å². The molecule has 0 saturated carbocycles. The SMILES string of the molecule is CC(=O)NC(CC(=O)N(CCN)CCc1ccccc1)c1cccs1.Cl. The van der Waals surface area contributed by atoms with E-state index in [0.717, 1.165) is 11.3 Å². The van der Waals surface area contributed by atoms with Crippen LogP contribution in [0.15, 0.2) is 47.8 Å². The van der Waals surface area contributed by atoms with Crippen LogP contribution in [0.1, 0.15) is 29.8 Å². The third kappa shape index (κ3) is 7.15. The van der Waals surface area contributed by atoms with Gasteiger partial charge < -0.3 is 16.0 Å². The molecule has 1 atom stereocenters. The van der Waals surface area contributed by atoms with Crippen molar-refractivity contribution in [3.05, 3.63) is 58.3 Å². The van der Waals surface area contributed by atoms with Crippen LogP contribution in [0.25, 0.3) is 0 Å². The average molecular weight is 396 g/mol. The maximum absolute atomic E-state index is 12.8. The van der Waals surface area contributed by atoms with E-state index in [-0.39, 0.29) is 36.7 Å². The first-order valence-corrected chi connectivity index (χ1v) is 9.30. The molecule has 26 heavy (non-hydrogen) atoms. The van der Waals surface area contributed by atoms with E-state index in [4.69, 9.17) is 5.73 Å². The highest BCUT2D eigenvalue weighted by molar-refractivity contribution is 7.10. The van der Waals surface area contributed by atoms with Crippen LogP contribution < -0.4 is 11.1 Å². The molecular weight excluding hydrogens is 370 g/mol. The number of halogens is 1. The minimum absolute atomic E-state index is 0. The Morgan fingerprint density at radius 2 is 1.88 bits per heavy atom. The fourth-order valence-electron chi connectivity index (χ4n) is 2.69. The van der Waals surface area contributed by atoms with Crippen molar-refractivity contribution < 1.29 is 9.59 Å². The van der Waals surface area contributed by atoms with Crippen LogP contribution >= 0.6 is 23.7 Å². The van der Waals surface area contributed by atoms with Gasteiger partial charge in [-0.1, -0.05) is 36.4 Å². The smallest absolute Gasteiger partial charge is 0.225 e. The highest BCUT2D eigenvalue weighted by Crippen LogP contribution is 2.23. The predicted molar refractivity (Wildman–Crippen MR) is 109 cm³/mol. The number of thiophene rings is 1. The number of rotatable bonds is 9. The van der Waals surface area contributed by atoms with Gasteiger partial charge in [-0.2, -0.15) is 0 Å². The van der Waals surface area contributed by atoms with Crippen LogP contribution in [0.5, 0.6) is 0 Å². The van der Waals surface area contributed by atoms with Gasteiger partial charge >= 0.3 is 0 Å². The highest BCUT2D eigenvalue weighted by atomic mass is 35.5. The second-order valence-electron chi connectivity index (χ2n) is 5.88. The van der Waals surface area contributed by atoms with Gasteiger partial charge in [-0.05, 0) is 23.4 Å². The normalized spacial score (nSPS) is 11.3. The van der Waals surface area contributed by atoms with E-state index in [2.05, 4.69) is 17.4 Å². The molecule has 1 unspecified atom stereocenters. The topological polar surface area (TPSA) is 75.4 Å². The fraction of sp³-hybridized carbons (Fsp3) is 0.368. The van der Waals surface area contributed by atoms with Crippen molar-refractivity contribution in [2.45, 2.75) is 25.8 Å². The molecular formula is C19H26ClN3O2S. The van der Waals surface area contributed by atoms with E-state index in [1.807, 2.05) is 35.7 Å². The molecule has 0 saturated heterocycles. The number of benzene rings is 1. The first-order chi connectivity index (χ1) is 12.1. The van der Waals surface area contributed by atoms with Gasteiger partial charge in [-0.3, -0.25) is 9.59 Å². The zero-order valence-corrected chi connectivity index (χ0v) is 16.5. The summed E-state index contributed by atoms with van der Waals surface area (Å²) in [6.45, 7) is 3.03. The minimum atomic E-state index is -0.290. The number of nitrogens with zero attached hydrogens (tertiary/aromatic N) is 1. The van der Waals surface area contributed by atoms with Crippen LogP contribution in [-0.4, -0.2) is 36.3 Å². The number of amides is 2. The first-order valence-electron chi connectivity index (χ1n) is 8.42. The van der Waals surface area contributed by atoms with Gasteiger partial charge in [-0.15, -0.1) is 23.7 Å². The summed E-state index contributed by atoms with van der Waals surface area (Å²) < 4.78 is 0. The molecule has 0 aliphatic carbocycles. The Morgan fingerprint density at radius 3 is 2.46 bits per heavy atom. The van der Waals surface area contributed by atoms with Gasteiger partial charge in [0.1, 0.15) is 0 Å². The molecule has 0 aliphatic rings. The Hall–Kier alpha value is -1.89. The van der Waals surface area contributed by atoms with Gasteiger partial charge in [0.25, 0.3) is 0 Å². The Labute approximate surface area is 165 Å². The molecule has 2 aromatic rings. The molecule has 1 heterocycles. The molecule has 0 bridgehead atoms. The fourth-order valence-corrected chi connectivity index (χ4v) is 3.47. The van der Waals surface area contributed by atoms with Crippen LogP contribution in [0, 0.1) is 0 Å². The summed E-state index contributed by atoms with van der Waals surface area (Å²) in [6, 6.07) is 13.6. The zero-order chi connectivity index (χ0) is 18.1. The van der Waals surface area contributed by atoms with Gasteiger partial charge in [0, 0.05) is 31.4 Å². The lowest BCUT2D eigenvalue weighted by molar-refractivity contribution is -0.132. The van der Waals surface area contributed by atoms with Gasteiger partial charge in [0.2, 0.25) is 11.8 Å². The summed E-state index contributed by atoms with van der Waals surface area (Å²) in [5, 5.41) is 4.82. The van der Waals surface area contributed by atoms with E-state index in [0.29, 0.717) is 19.6 Å². The molecule has 1 aromatic carbocycles. The molecule has 2 amide bonds. The molecule has 2 rings (SSSR count). The van der Waals surface area contributed by atoms with Crippen molar-refractivity contribution in [2.75, 3.05) is 19.6 Å². The highest BCUT2D eigenvalue weighted by Gasteiger charge is 2.21. The maximum Gasteiger partial charge on any atom is 0.225 e. The van der Waals surface area contributed by atoms with Crippen LogP contribution in [-0.2, 0) is 16.0 Å². The number of nitrogens with one attached hydrogen (secondary N) is 1. The molecule has 0 fully saturated rings. The maximum atomic E-state index is 12.8. The molecule has 0 spiro atoms. The number of hydrogen-bond donors (Lipinski definition) is 2. The van der Waals surface area contributed by atoms with E-state index in [1.165, 1.54) is 12.5 Å². The van der Waals surface area contributed by atoms with Crippen molar-refractivity contribution in [3.63, 3.8) is 0 Å². The summed E-state index contributed by atoms with van der Waals surface area (Å²) in [4.78, 5) is 27.0. The van der Waals surface area contributed by atoms with Gasteiger partial charge in [0.05, 0.1) is 12.5 Å². The van der Waals surface area contributed by atoms with E-state index >= 15 is 0 Å². The van der Waals surface area contributed by atoms with E-state index in [1.54, 1.807) is 16.2 Å². The number of nitrogens with two attached hydrogens (primary N) is 1. The van der Waals surface area contributed by atoms with Crippen LogP contribution in [0.4, 0.5) is 0 Å². The third-order valence-electron chi connectivity index (χ3n) is 3.91. The van der Waals surface area contributed by atoms with E-state index < -0.39 is 0 Å². The Kier molecular flexibility index (Phi) is 9.95. The zero-order valence-electron chi connectivity index (χ0n) is 14.9. The monoisotopic (exact) mass is 395 g/mol. The Morgan fingerprint density at radius 1 is 1.15 bits per heavy atom. The van der Waals surface area contributed by atoms with E-state index in [9.17, 15) is 9.59 Å². The molecule has 0 aliphatic heterocycles. The lowest BCUT2D eigenvalue weighted by Crippen LogP contribution is -2.39. The second-order valence-corrected chi connectivity index (χ2v) is 6.86.